The number of benzene rings is 1. The maximum absolute atomic E-state index is 13.1. The van der Waals surface area contributed by atoms with Crippen molar-refractivity contribution in [2.45, 2.75) is 44.4 Å². The summed E-state index contributed by atoms with van der Waals surface area (Å²) in [5, 5.41) is 0. The molecule has 3 nitrogen and oxygen atoms in total. The lowest BCUT2D eigenvalue weighted by molar-refractivity contribution is 0.569. The van der Waals surface area contributed by atoms with Crippen molar-refractivity contribution in [1.82, 2.24) is 4.72 Å². The van der Waals surface area contributed by atoms with E-state index in [9.17, 15) is 12.8 Å². The molecule has 0 saturated carbocycles. The maximum atomic E-state index is 13.1. The molecular weight excluding hydrogens is 253 g/mol. The molecule has 0 spiro atoms. The van der Waals surface area contributed by atoms with Crippen LogP contribution in [0, 0.1) is 12.7 Å². The highest BCUT2D eigenvalue weighted by molar-refractivity contribution is 7.89. The van der Waals surface area contributed by atoms with Crippen molar-refractivity contribution < 1.29 is 12.8 Å². The van der Waals surface area contributed by atoms with Crippen LogP contribution < -0.4 is 4.72 Å². The number of hydrogen-bond donors (Lipinski definition) is 1. The van der Waals surface area contributed by atoms with Gasteiger partial charge in [-0.15, -0.1) is 0 Å². The summed E-state index contributed by atoms with van der Waals surface area (Å²) in [4.78, 5) is 0.0259. The number of aryl methyl sites for hydroxylation is 1. The summed E-state index contributed by atoms with van der Waals surface area (Å²) in [6, 6.07) is 3.79. The van der Waals surface area contributed by atoms with Gasteiger partial charge in [0.25, 0.3) is 0 Å². The van der Waals surface area contributed by atoms with Gasteiger partial charge in [-0.3, -0.25) is 0 Å². The lowest BCUT2D eigenvalue weighted by atomic mass is 10.2. The number of nitrogens with one attached hydrogen (secondary N) is 1. The van der Waals surface area contributed by atoms with Crippen molar-refractivity contribution in [3.63, 3.8) is 0 Å². The van der Waals surface area contributed by atoms with Crippen LogP contribution in [-0.2, 0) is 10.0 Å². The molecule has 1 aromatic rings. The van der Waals surface area contributed by atoms with E-state index < -0.39 is 15.8 Å². The van der Waals surface area contributed by atoms with Crippen molar-refractivity contribution in [3.05, 3.63) is 29.6 Å². The highest BCUT2D eigenvalue weighted by atomic mass is 32.2. The minimum atomic E-state index is -3.59. The minimum absolute atomic E-state index is 0.0259. The normalized spacial score (nSPS) is 11.7. The fourth-order valence-corrected chi connectivity index (χ4v) is 3.03. The van der Waals surface area contributed by atoms with Gasteiger partial charge < -0.3 is 0 Å². The zero-order valence-electron chi connectivity index (χ0n) is 10.9. The molecule has 0 saturated heterocycles. The molecule has 0 aromatic heterocycles. The number of hydrogen-bond acceptors (Lipinski definition) is 2. The molecule has 0 heterocycles. The molecule has 0 aliphatic rings. The van der Waals surface area contributed by atoms with Crippen LogP contribution in [0.3, 0.4) is 0 Å². The first-order valence-electron chi connectivity index (χ1n) is 6.23. The lowest BCUT2D eigenvalue weighted by Gasteiger charge is -2.09. The molecule has 5 heteroatoms. The third-order valence-corrected chi connectivity index (χ3v) is 4.37. The fourth-order valence-electron chi connectivity index (χ4n) is 1.70. The van der Waals surface area contributed by atoms with Crippen molar-refractivity contribution in [3.8, 4) is 0 Å². The summed E-state index contributed by atoms with van der Waals surface area (Å²) < 4.78 is 39.5. The van der Waals surface area contributed by atoms with Gasteiger partial charge in [0.15, 0.2) is 0 Å². The van der Waals surface area contributed by atoms with E-state index in [0.29, 0.717) is 12.1 Å². The Morgan fingerprint density at radius 2 is 1.94 bits per heavy atom. The summed E-state index contributed by atoms with van der Waals surface area (Å²) in [7, 11) is -3.59. The van der Waals surface area contributed by atoms with Gasteiger partial charge in [0.05, 0.1) is 4.90 Å². The molecule has 0 bridgehead atoms. The van der Waals surface area contributed by atoms with E-state index in [2.05, 4.69) is 11.6 Å². The fraction of sp³-hybridized carbons (Fsp3) is 0.538. The van der Waals surface area contributed by atoms with Crippen LogP contribution in [0.25, 0.3) is 0 Å². The van der Waals surface area contributed by atoms with Crippen molar-refractivity contribution in [2.24, 2.45) is 0 Å². The molecule has 0 atom stereocenters. The molecule has 1 rings (SSSR count). The van der Waals surface area contributed by atoms with Gasteiger partial charge in [0.1, 0.15) is 5.82 Å². The number of unbranched alkanes of at least 4 members (excludes halogenated alkanes) is 3. The predicted octanol–water partition coefficient (Wildman–Crippen LogP) is 2.99. The Hall–Kier alpha value is -0.940. The van der Waals surface area contributed by atoms with Crippen molar-refractivity contribution >= 4 is 10.0 Å². The minimum Gasteiger partial charge on any atom is -0.211 e. The number of rotatable bonds is 7. The Kier molecular flexibility index (Phi) is 5.75. The predicted molar refractivity (Wildman–Crippen MR) is 70.5 cm³/mol. The summed E-state index contributed by atoms with van der Waals surface area (Å²) in [6.45, 7) is 4.16. The first-order valence-corrected chi connectivity index (χ1v) is 7.71. The first-order chi connectivity index (χ1) is 8.47. The average Bonchev–Trinajstić information content (AvgIpc) is 2.32. The van der Waals surface area contributed by atoms with E-state index in [0.717, 1.165) is 31.7 Å². The summed E-state index contributed by atoms with van der Waals surface area (Å²) in [5.41, 5.74) is 0.553. The Morgan fingerprint density at radius 1 is 1.22 bits per heavy atom. The Morgan fingerprint density at radius 3 is 2.61 bits per heavy atom. The zero-order valence-corrected chi connectivity index (χ0v) is 11.7. The molecular formula is C13H20FNO2S. The second kappa shape index (κ2) is 6.85. The third kappa shape index (κ3) is 4.38. The highest BCUT2D eigenvalue weighted by Crippen LogP contribution is 2.16. The zero-order chi connectivity index (χ0) is 13.6. The summed E-state index contributed by atoms with van der Waals surface area (Å²) >= 11 is 0. The molecule has 18 heavy (non-hydrogen) atoms. The Balaban J connectivity index is 2.66. The van der Waals surface area contributed by atoms with Crippen LogP contribution in [0.5, 0.6) is 0 Å². The van der Waals surface area contributed by atoms with E-state index in [1.54, 1.807) is 6.92 Å². The van der Waals surface area contributed by atoms with Gasteiger partial charge in [-0.05, 0) is 31.0 Å². The monoisotopic (exact) mass is 273 g/mol. The smallest absolute Gasteiger partial charge is 0.211 e. The van der Waals surface area contributed by atoms with Gasteiger partial charge in [-0.1, -0.05) is 32.3 Å². The second-order valence-electron chi connectivity index (χ2n) is 4.37. The van der Waals surface area contributed by atoms with Crippen LogP contribution >= 0.6 is 0 Å². The van der Waals surface area contributed by atoms with Crippen LogP contribution in [0.2, 0.25) is 0 Å². The van der Waals surface area contributed by atoms with Crippen molar-refractivity contribution in [2.75, 3.05) is 6.54 Å². The maximum Gasteiger partial charge on any atom is 0.240 e. The van der Waals surface area contributed by atoms with E-state index in [1.807, 2.05) is 0 Å². The van der Waals surface area contributed by atoms with E-state index in [1.165, 1.54) is 12.1 Å². The van der Waals surface area contributed by atoms with Gasteiger partial charge in [0, 0.05) is 6.54 Å². The second-order valence-corrected chi connectivity index (χ2v) is 6.10. The van der Waals surface area contributed by atoms with Gasteiger partial charge in [-0.2, -0.15) is 0 Å². The third-order valence-electron chi connectivity index (χ3n) is 2.76. The van der Waals surface area contributed by atoms with Crippen molar-refractivity contribution in [1.29, 1.82) is 0 Å². The van der Waals surface area contributed by atoms with E-state index in [-0.39, 0.29) is 4.90 Å². The summed E-state index contributed by atoms with van der Waals surface area (Å²) in [5.74, 6) is -0.535. The first kappa shape index (κ1) is 15.1. The summed E-state index contributed by atoms with van der Waals surface area (Å²) in [6.07, 6.45) is 4.01. The van der Waals surface area contributed by atoms with Gasteiger partial charge in [-0.25, -0.2) is 17.5 Å². The topological polar surface area (TPSA) is 46.2 Å². The van der Waals surface area contributed by atoms with Crippen LogP contribution in [0.4, 0.5) is 4.39 Å². The molecule has 0 amide bonds. The van der Waals surface area contributed by atoms with Crippen LogP contribution in [0.1, 0.15) is 38.2 Å². The highest BCUT2D eigenvalue weighted by Gasteiger charge is 2.16. The molecule has 1 N–H and O–H groups in total. The molecule has 1 aromatic carbocycles. The Bertz CT molecular complexity index is 486. The van der Waals surface area contributed by atoms with Gasteiger partial charge >= 0.3 is 0 Å². The molecule has 0 aliphatic heterocycles. The largest absolute Gasteiger partial charge is 0.240 e. The van der Waals surface area contributed by atoms with E-state index >= 15 is 0 Å². The van der Waals surface area contributed by atoms with Crippen LogP contribution in [-0.4, -0.2) is 15.0 Å². The van der Waals surface area contributed by atoms with E-state index in [4.69, 9.17) is 0 Å². The average molecular weight is 273 g/mol. The Labute approximate surface area is 108 Å². The number of sulfonamides is 1. The molecule has 0 fully saturated rings. The standard InChI is InChI=1S/C13H20FNO2S/c1-3-4-5-6-9-15-18(16,17)13-10-12(14)8-7-11(13)2/h7-8,10,15H,3-6,9H2,1-2H3. The lowest BCUT2D eigenvalue weighted by Crippen LogP contribution is -2.25. The molecule has 102 valence electrons. The molecule has 0 unspecified atom stereocenters. The quantitative estimate of drug-likeness (QED) is 0.776. The van der Waals surface area contributed by atoms with Crippen LogP contribution in [0.15, 0.2) is 23.1 Å². The molecule has 0 aliphatic carbocycles. The SMILES string of the molecule is CCCCCCNS(=O)(=O)c1cc(F)ccc1C. The van der Waals surface area contributed by atoms with Gasteiger partial charge in [0.2, 0.25) is 10.0 Å². The number of halogens is 1. The molecule has 0 radical (unpaired) electrons.